The first kappa shape index (κ1) is 13.0. The van der Waals surface area contributed by atoms with Gasteiger partial charge in [0.15, 0.2) is 12.4 Å². The second kappa shape index (κ2) is 6.50. The number of rotatable bonds is 4. The van der Waals surface area contributed by atoms with E-state index in [-0.39, 0.29) is 11.9 Å². The summed E-state index contributed by atoms with van der Waals surface area (Å²) in [6.45, 7) is 5.26. The van der Waals surface area contributed by atoms with Crippen LogP contribution in [0.3, 0.4) is 0 Å². The third kappa shape index (κ3) is 3.53. The van der Waals surface area contributed by atoms with Crippen LogP contribution in [0.15, 0.2) is 24.5 Å². The van der Waals surface area contributed by atoms with E-state index in [4.69, 9.17) is 4.74 Å². The van der Waals surface area contributed by atoms with Crippen LogP contribution in [0, 0.1) is 5.92 Å². The maximum atomic E-state index is 11.6. The van der Waals surface area contributed by atoms with E-state index < -0.39 is 0 Å². The highest BCUT2D eigenvalue weighted by molar-refractivity contribution is 5.72. The molecule has 1 N–H and O–H groups in total. The molecule has 1 aromatic rings. The average molecular weight is 249 g/mol. The van der Waals surface area contributed by atoms with Crippen molar-refractivity contribution in [2.45, 2.75) is 26.3 Å². The molecule has 2 heterocycles. The highest BCUT2D eigenvalue weighted by atomic mass is 16.5. The lowest BCUT2D eigenvalue weighted by Crippen LogP contribution is -2.36. The lowest BCUT2D eigenvalue weighted by molar-refractivity contribution is -0.378. The lowest BCUT2D eigenvalue weighted by atomic mass is 9.97. The Bertz CT molecular complexity index is 373. The van der Waals surface area contributed by atoms with Gasteiger partial charge in [0, 0.05) is 18.7 Å². The standard InChI is InChI=1S/C14H20N2O2/c1-2-18-14(17)13-5-9-16(10-6-13)11-12-3-7-15-8-4-12/h3-4,7-8,13H,2,5-6,9-11H2,1H3/p+1. The lowest BCUT2D eigenvalue weighted by Gasteiger charge is -2.30. The molecule has 0 spiro atoms. The monoisotopic (exact) mass is 249 g/mol. The second-order valence-corrected chi connectivity index (χ2v) is 4.71. The van der Waals surface area contributed by atoms with Crippen LogP contribution in [0.25, 0.3) is 0 Å². The van der Waals surface area contributed by atoms with Crippen molar-refractivity contribution in [3.8, 4) is 0 Å². The van der Waals surface area contributed by atoms with Crippen molar-refractivity contribution >= 4 is 5.97 Å². The number of ether oxygens (including phenoxy) is 1. The summed E-state index contributed by atoms with van der Waals surface area (Å²) in [7, 11) is 0. The first-order valence-electron chi connectivity index (χ1n) is 6.63. The van der Waals surface area contributed by atoms with Crippen LogP contribution in [0.2, 0.25) is 0 Å². The maximum Gasteiger partial charge on any atom is 0.309 e. The van der Waals surface area contributed by atoms with Crippen molar-refractivity contribution in [3.05, 3.63) is 30.1 Å². The molecule has 0 aromatic carbocycles. The van der Waals surface area contributed by atoms with E-state index >= 15 is 0 Å². The number of hydrogen-bond donors (Lipinski definition) is 0. The number of carbonyl (C=O) groups is 1. The number of hydrogen-bond acceptors (Lipinski definition) is 3. The van der Waals surface area contributed by atoms with Crippen molar-refractivity contribution in [2.75, 3.05) is 19.7 Å². The smallest absolute Gasteiger partial charge is 0.309 e. The number of nitrogens with one attached hydrogen (secondary N) is 1. The van der Waals surface area contributed by atoms with Crippen LogP contribution in [-0.2, 0) is 16.1 Å². The van der Waals surface area contributed by atoms with E-state index in [1.807, 2.05) is 19.3 Å². The van der Waals surface area contributed by atoms with Crippen LogP contribution in [0.1, 0.15) is 25.3 Å². The molecule has 18 heavy (non-hydrogen) atoms. The predicted octanol–water partition coefficient (Wildman–Crippen LogP) is 1.28. The summed E-state index contributed by atoms with van der Waals surface area (Å²) < 4.78 is 5.07. The fraction of sp³-hybridized carbons (Fsp3) is 0.571. The maximum absolute atomic E-state index is 11.6. The Kier molecular flexibility index (Phi) is 4.70. The number of pyridine rings is 1. The van der Waals surface area contributed by atoms with Gasteiger partial charge in [-0.25, -0.2) is 4.98 Å². The van der Waals surface area contributed by atoms with E-state index in [0.29, 0.717) is 6.61 Å². The van der Waals surface area contributed by atoms with Gasteiger partial charge < -0.3 is 4.74 Å². The molecule has 2 rings (SSSR count). The van der Waals surface area contributed by atoms with Gasteiger partial charge in [0.2, 0.25) is 0 Å². The number of aromatic nitrogens is 1. The summed E-state index contributed by atoms with van der Waals surface area (Å²) in [6.07, 6.45) is 5.72. The molecular weight excluding hydrogens is 228 g/mol. The minimum Gasteiger partial charge on any atom is -0.466 e. The zero-order chi connectivity index (χ0) is 12.8. The minimum atomic E-state index is -0.0218. The van der Waals surface area contributed by atoms with E-state index in [1.54, 1.807) is 0 Å². The second-order valence-electron chi connectivity index (χ2n) is 4.71. The van der Waals surface area contributed by atoms with Gasteiger partial charge in [0.1, 0.15) is 0 Å². The van der Waals surface area contributed by atoms with Gasteiger partial charge >= 0.3 is 5.97 Å². The van der Waals surface area contributed by atoms with Crippen LogP contribution in [0.4, 0.5) is 0 Å². The first-order chi connectivity index (χ1) is 8.79. The summed E-state index contributed by atoms with van der Waals surface area (Å²) in [6, 6.07) is 4.19. The van der Waals surface area contributed by atoms with E-state index in [9.17, 15) is 4.79 Å². The summed E-state index contributed by atoms with van der Waals surface area (Å²) >= 11 is 0. The molecule has 0 atom stereocenters. The molecule has 4 nitrogen and oxygen atoms in total. The SMILES string of the molecule is CCOC(=O)C1CCN(Cc2cc[nH+]cc2)CC1. The number of aromatic amines is 1. The molecule has 0 saturated carbocycles. The van der Waals surface area contributed by atoms with Crippen molar-refractivity contribution in [2.24, 2.45) is 5.92 Å². The summed E-state index contributed by atoms with van der Waals surface area (Å²) in [5.74, 6) is 0.0803. The largest absolute Gasteiger partial charge is 0.466 e. The van der Waals surface area contributed by atoms with Gasteiger partial charge in [-0.1, -0.05) is 0 Å². The molecule has 4 heteroatoms. The van der Waals surface area contributed by atoms with Gasteiger partial charge in [0.25, 0.3) is 0 Å². The van der Waals surface area contributed by atoms with Gasteiger partial charge in [-0.2, -0.15) is 0 Å². The molecule has 1 aliphatic heterocycles. The van der Waals surface area contributed by atoms with E-state index in [1.165, 1.54) is 5.56 Å². The molecule has 0 aliphatic carbocycles. The van der Waals surface area contributed by atoms with Crippen LogP contribution in [0.5, 0.6) is 0 Å². The summed E-state index contributed by atoms with van der Waals surface area (Å²) in [4.78, 5) is 17.0. The zero-order valence-electron chi connectivity index (χ0n) is 10.9. The van der Waals surface area contributed by atoms with Crippen LogP contribution >= 0.6 is 0 Å². The third-order valence-electron chi connectivity index (χ3n) is 3.40. The molecule has 98 valence electrons. The Morgan fingerprint density at radius 3 is 2.67 bits per heavy atom. The highest BCUT2D eigenvalue weighted by Gasteiger charge is 2.25. The number of piperidine rings is 1. The van der Waals surface area contributed by atoms with Gasteiger partial charge in [-0.15, -0.1) is 0 Å². The molecule has 0 bridgehead atoms. The van der Waals surface area contributed by atoms with E-state index in [2.05, 4.69) is 22.0 Å². The fourth-order valence-corrected chi connectivity index (χ4v) is 2.37. The minimum absolute atomic E-state index is 0.0218. The van der Waals surface area contributed by atoms with Crippen LogP contribution < -0.4 is 4.98 Å². The first-order valence-corrected chi connectivity index (χ1v) is 6.63. The molecular formula is C14H21N2O2+. The molecule has 1 aliphatic rings. The number of H-pyrrole nitrogens is 1. The Morgan fingerprint density at radius 2 is 2.06 bits per heavy atom. The molecule has 0 unspecified atom stereocenters. The quantitative estimate of drug-likeness (QED) is 0.755. The Hall–Kier alpha value is -1.42. The fourth-order valence-electron chi connectivity index (χ4n) is 2.37. The normalized spacial score (nSPS) is 17.6. The third-order valence-corrected chi connectivity index (χ3v) is 3.40. The number of likely N-dealkylation sites (tertiary alicyclic amines) is 1. The van der Waals surface area contributed by atoms with Crippen LogP contribution in [-0.4, -0.2) is 30.6 Å². The molecule has 1 aromatic heterocycles. The Balaban J connectivity index is 1.78. The molecule has 0 amide bonds. The van der Waals surface area contributed by atoms with Gasteiger partial charge in [-0.05, 0) is 38.4 Å². The zero-order valence-corrected chi connectivity index (χ0v) is 10.9. The van der Waals surface area contributed by atoms with Crippen molar-refractivity contribution in [1.29, 1.82) is 0 Å². The van der Waals surface area contributed by atoms with Gasteiger partial charge in [-0.3, -0.25) is 9.69 Å². The molecule has 1 fully saturated rings. The Morgan fingerprint density at radius 1 is 1.39 bits per heavy atom. The predicted molar refractivity (Wildman–Crippen MR) is 67.6 cm³/mol. The number of nitrogens with zero attached hydrogens (tertiary/aromatic N) is 1. The van der Waals surface area contributed by atoms with Gasteiger partial charge in [0.05, 0.1) is 12.5 Å². The topological polar surface area (TPSA) is 43.7 Å². The highest BCUT2D eigenvalue weighted by Crippen LogP contribution is 2.19. The van der Waals surface area contributed by atoms with E-state index in [0.717, 1.165) is 32.5 Å². The van der Waals surface area contributed by atoms with Crippen molar-refractivity contribution < 1.29 is 14.5 Å². The molecule has 0 radical (unpaired) electrons. The number of carbonyl (C=O) groups excluding carboxylic acids is 1. The number of esters is 1. The van der Waals surface area contributed by atoms with Crippen molar-refractivity contribution in [1.82, 2.24) is 4.90 Å². The summed E-state index contributed by atoms with van der Waals surface area (Å²) in [5.41, 5.74) is 1.31. The van der Waals surface area contributed by atoms with Crippen molar-refractivity contribution in [3.63, 3.8) is 0 Å². The summed E-state index contributed by atoms with van der Waals surface area (Å²) in [5, 5.41) is 0. The Labute approximate surface area is 108 Å². The average Bonchev–Trinajstić information content (AvgIpc) is 2.41. The molecule has 1 saturated heterocycles.